The Labute approximate surface area is 100 Å². The second-order valence-electron chi connectivity index (χ2n) is 3.12. The Morgan fingerprint density at radius 3 is 2.73 bits per heavy atom. The molecule has 0 radical (unpaired) electrons. The van der Waals surface area contributed by atoms with Crippen molar-refractivity contribution in [3.63, 3.8) is 0 Å². The number of carboxylic acids is 1. The van der Waals surface area contributed by atoms with Crippen LogP contribution in [0.4, 0.5) is 4.39 Å². The van der Waals surface area contributed by atoms with Crippen molar-refractivity contribution in [2.75, 3.05) is 0 Å². The molecule has 0 amide bonds. The Kier molecular flexibility index (Phi) is 4.54. The smallest absolute Gasteiger partial charge is 0.303 e. The number of carboxylic acid groups (broad SMARTS) is 1. The van der Waals surface area contributed by atoms with E-state index in [4.69, 9.17) is 16.7 Å². The Bertz CT molecular complexity index is 359. The molecule has 0 aromatic heterocycles. The molecule has 0 aliphatic carbocycles. The molecule has 82 valence electrons. The van der Waals surface area contributed by atoms with Crippen molar-refractivity contribution in [1.29, 1.82) is 0 Å². The van der Waals surface area contributed by atoms with E-state index in [0.29, 0.717) is 17.3 Å². The van der Waals surface area contributed by atoms with Crippen LogP contribution in [0.15, 0.2) is 16.6 Å². The molecule has 0 bridgehead atoms. The van der Waals surface area contributed by atoms with Crippen LogP contribution < -0.4 is 0 Å². The fourth-order valence-corrected chi connectivity index (χ4v) is 1.79. The SMILES string of the molecule is O=C(O)CCCc1cc(F)c(Cl)c(Br)c1. The maximum atomic E-state index is 13.1. The first kappa shape index (κ1) is 12.5. The molecule has 0 atom stereocenters. The summed E-state index contributed by atoms with van der Waals surface area (Å²) in [6.45, 7) is 0. The predicted octanol–water partition coefficient (Wildman–Crippen LogP) is 3.65. The summed E-state index contributed by atoms with van der Waals surface area (Å²) in [5, 5.41) is 8.49. The van der Waals surface area contributed by atoms with E-state index in [9.17, 15) is 9.18 Å². The molecular weight excluding hydrogens is 286 g/mol. The van der Waals surface area contributed by atoms with Gasteiger partial charge in [0.1, 0.15) is 5.82 Å². The fraction of sp³-hybridized carbons (Fsp3) is 0.300. The lowest BCUT2D eigenvalue weighted by Gasteiger charge is -2.03. The van der Waals surface area contributed by atoms with Gasteiger partial charge in [0.15, 0.2) is 0 Å². The quantitative estimate of drug-likeness (QED) is 0.861. The van der Waals surface area contributed by atoms with Crippen LogP contribution in [0, 0.1) is 5.82 Å². The summed E-state index contributed by atoms with van der Waals surface area (Å²) in [7, 11) is 0. The van der Waals surface area contributed by atoms with Crippen LogP contribution in [0.1, 0.15) is 18.4 Å². The topological polar surface area (TPSA) is 37.3 Å². The number of halogens is 3. The summed E-state index contributed by atoms with van der Waals surface area (Å²) >= 11 is 8.75. The van der Waals surface area contributed by atoms with Gasteiger partial charge in [-0.25, -0.2) is 4.39 Å². The molecule has 1 rings (SSSR count). The van der Waals surface area contributed by atoms with Crippen LogP contribution in [0.2, 0.25) is 5.02 Å². The highest BCUT2D eigenvalue weighted by Gasteiger charge is 2.07. The molecular formula is C10H9BrClFO2. The largest absolute Gasteiger partial charge is 0.481 e. The molecule has 0 saturated carbocycles. The summed E-state index contributed by atoms with van der Waals surface area (Å²) in [6, 6.07) is 3.03. The van der Waals surface area contributed by atoms with Crippen LogP contribution >= 0.6 is 27.5 Å². The number of hydrogen-bond acceptors (Lipinski definition) is 1. The molecule has 1 aromatic rings. The average Bonchev–Trinajstić information content (AvgIpc) is 2.13. The van der Waals surface area contributed by atoms with Gasteiger partial charge in [-0.05, 0) is 46.5 Å². The Hall–Kier alpha value is -0.610. The minimum atomic E-state index is -0.844. The van der Waals surface area contributed by atoms with Crippen molar-refractivity contribution in [2.45, 2.75) is 19.3 Å². The molecule has 0 saturated heterocycles. The van der Waals surface area contributed by atoms with Crippen LogP contribution in [0.3, 0.4) is 0 Å². The highest BCUT2D eigenvalue weighted by atomic mass is 79.9. The standard InChI is InChI=1S/C10H9BrClFO2/c11-7-4-6(2-1-3-9(14)15)5-8(13)10(7)12/h4-5H,1-3H2,(H,14,15). The monoisotopic (exact) mass is 294 g/mol. The second kappa shape index (κ2) is 5.47. The molecule has 0 heterocycles. The van der Waals surface area contributed by atoms with Gasteiger partial charge in [0.05, 0.1) is 5.02 Å². The van der Waals surface area contributed by atoms with Gasteiger partial charge in [0.2, 0.25) is 0 Å². The number of aliphatic carboxylic acids is 1. The van der Waals surface area contributed by atoms with Crippen molar-refractivity contribution < 1.29 is 14.3 Å². The Balaban J connectivity index is 2.66. The van der Waals surface area contributed by atoms with Gasteiger partial charge < -0.3 is 5.11 Å². The number of rotatable bonds is 4. The van der Waals surface area contributed by atoms with Crippen molar-refractivity contribution in [3.8, 4) is 0 Å². The normalized spacial score (nSPS) is 10.3. The molecule has 0 aliphatic heterocycles. The van der Waals surface area contributed by atoms with E-state index < -0.39 is 11.8 Å². The van der Waals surface area contributed by atoms with Crippen molar-refractivity contribution in [2.24, 2.45) is 0 Å². The second-order valence-corrected chi connectivity index (χ2v) is 4.35. The fourth-order valence-electron chi connectivity index (χ4n) is 1.20. The van der Waals surface area contributed by atoms with Crippen LogP contribution in [-0.2, 0) is 11.2 Å². The number of benzene rings is 1. The summed E-state index contributed by atoms with van der Waals surface area (Å²) in [6.07, 6.45) is 1.10. The minimum Gasteiger partial charge on any atom is -0.481 e. The van der Waals surface area contributed by atoms with E-state index in [2.05, 4.69) is 15.9 Å². The third-order valence-corrected chi connectivity index (χ3v) is 3.14. The molecule has 0 unspecified atom stereocenters. The van der Waals surface area contributed by atoms with Gasteiger partial charge >= 0.3 is 5.97 Å². The maximum Gasteiger partial charge on any atom is 0.303 e. The predicted molar refractivity (Wildman–Crippen MR) is 59.7 cm³/mol. The van der Waals surface area contributed by atoms with Gasteiger partial charge in [-0.3, -0.25) is 4.79 Å². The highest BCUT2D eigenvalue weighted by molar-refractivity contribution is 9.10. The van der Waals surface area contributed by atoms with Gasteiger partial charge in [0, 0.05) is 10.9 Å². The Morgan fingerprint density at radius 2 is 2.20 bits per heavy atom. The molecule has 1 aromatic carbocycles. The minimum absolute atomic E-state index is 0.0528. The van der Waals surface area contributed by atoms with Crippen LogP contribution in [-0.4, -0.2) is 11.1 Å². The number of aryl methyl sites for hydroxylation is 1. The van der Waals surface area contributed by atoms with Crippen molar-refractivity contribution in [3.05, 3.63) is 33.0 Å². The zero-order valence-electron chi connectivity index (χ0n) is 7.77. The Morgan fingerprint density at radius 1 is 1.53 bits per heavy atom. The number of hydrogen-bond donors (Lipinski definition) is 1. The first-order valence-electron chi connectivity index (χ1n) is 4.36. The summed E-state index contributed by atoms with van der Waals surface area (Å²) in [4.78, 5) is 10.3. The van der Waals surface area contributed by atoms with Crippen LogP contribution in [0.25, 0.3) is 0 Å². The van der Waals surface area contributed by atoms with E-state index in [1.807, 2.05) is 0 Å². The molecule has 0 spiro atoms. The zero-order valence-corrected chi connectivity index (χ0v) is 10.1. The third kappa shape index (κ3) is 3.80. The first-order valence-corrected chi connectivity index (χ1v) is 5.53. The summed E-state index contributed by atoms with van der Waals surface area (Å²) in [5.41, 5.74) is 0.741. The lowest BCUT2D eigenvalue weighted by molar-refractivity contribution is -0.137. The van der Waals surface area contributed by atoms with Gasteiger partial charge in [-0.15, -0.1) is 0 Å². The highest BCUT2D eigenvalue weighted by Crippen LogP contribution is 2.27. The average molecular weight is 296 g/mol. The summed E-state index contributed by atoms with van der Waals surface area (Å²) in [5.74, 6) is -1.33. The van der Waals surface area contributed by atoms with Crippen molar-refractivity contribution in [1.82, 2.24) is 0 Å². The van der Waals surface area contributed by atoms with Crippen LogP contribution in [0.5, 0.6) is 0 Å². The van der Waals surface area contributed by atoms with Gasteiger partial charge in [0.25, 0.3) is 0 Å². The van der Waals surface area contributed by atoms with E-state index in [1.165, 1.54) is 6.07 Å². The zero-order chi connectivity index (χ0) is 11.4. The van der Waals surface area contributed by atoms with Crippen molar-refractivity contribution >= 4 is 33.5 Å². The lowest BCUT2D eigenvalue weighted by atomic mass is 10.1. The van der Waals surface area contributed by atoms with E-state index in [0.717, 1.165) is 5.56 Å². The molecule has 0 fully saturated rings. The van der Waals surface area contributed by atoms with E-state index in [1.54, 1.807) is 6.07 Å². The summed E-state index contributed by atoms with van der Waals surface area (Å²) < 4.78 is 13.6. The molecule has 2 nitrogen and oxygen atoms in total. The third-order valence-electron chi connectivity index (χ3n) is 1.90. The maximum absolute atomic E-state index is 13.1. The lowest BCUT2D eigenvalue weighted by Crippen LogP contribution is -1.96. The molecule has 1 N–H and O–H groups in total. The first-order chi connectivity index (χ1) is 7.00. The molecule has 5 heteroatoms. The molecule has 15 heavy (non-hydrogen) atoms. The molecule has 0 aliphatic rings. The van der Waals surface area contributed by atoms with Gasteiger partial charge in [-0.2, -0.15) is 0 Å². The van der Waals surface area contributed by atoms with E-state index in [-0.39, 0.29) is 11.4 Å². The van der Waals surface area contributed by atoms with Gasteiger partial charge in [-0.1, -0.05) is 11.6 Å². The number of carbonyl (C=O) groups is 1. The van der Waals surface area contributed by atoms with E-state index >= 15 is 0 Å².